The summed E-state index contributed by atoms with van der Waals surface area (Å²) in [6.07, 6.45) is 2.26. The van der Waals surface area contributed by atoms with Crippen LogP contribution in [0.2, 0.25) is 0 Å². The molecule has 0 bridgehead atoms. The zero-order valence-corrected chi connectivity index (χ0v) is 9.53. The third kappa shape index (κ3) is 2.56. The van der Waals surface area contributed by atoms with E-state index in [-0.39, 0.29) is 17.8 Å². The molecule has 5 nitrogen and oxygen atoms in total. The van der Waals surface area contributed by atoms with Gasteiger partial charge in [0.2, 0.25) is 5.82 Å². The molecule has 18 heavy (non-hydrogen) atoms. The average molecular weight is 257 g/mol. The highest BCUT2D eigenvalue weighted by Gasteiger charge is 2.24. The van der Waals surface area contributed by atoms with Gasteiger partial charge in [-0.3, -0.25) is 10.1 Å². The molecule has 98 valence electrons. The van der Waals surface area contributed by atoms with Crippen molar-refractivity contribution in [3.8, 4) is 0 Å². The Morgan fingerprint density at radius 1 is 1.33 bits per heavy atom. The van der Waals surface area contributed by atoms with Crippen LogP contribution in [0, 0.1) is 21.7 Å². The molecule has 0 amide bonds. The molecule has 0 heterocycles. The highest BCUT2D eigenvalue weighted by atomic mass is 19.1. The first-order valence-electron chi connectivity index (χ1n) is 5.63. The normalized spacial score (nSPS) is 23.1. The number of hydrogen-bond donors (Lipinski definition) is 2. The van der Waals surface area contributed by atoms with Gasteiger partial charge in [-0.2, -0.15) is 4.39 Å². The third-order valence-electron chi connectivity index (χ3n) is 3.07. The van der Waals surface area contributed by atoms with E-state index in [1.807, 2.05) is 0 Å². The Morgan fingerprint density at radius 2 is 2.06 bits per heavy atom. The van der Waals surface area contributed by atoms with Crippen molar-refractivity contribution in [3.05, 3.63) is 33.9 Å². The summed E-state index contributed by atoms with van der Waals surface area (Å²) >= 11 is 0. The number of rotatable bonds is 3. The summed E-state index contributed by atoms with van der Waals surface area (Å²) in [7, 11) is 0. The van der Waals surface area contributed by atoms with Crippen molar-refractivity contribution in [2.75, 3.05) is 5.32 Å². The molecule has 7 heteroatoms. The van der Waals surface area contributed by atoms with Crippen LogP contribution in [-0.4, -0.2) is 17.0 Å². The minimum Gasteiger partial charge on any atom is -0.380 e. The highest BCUT2D eigenvalue weighted by Crippen LogP contribution is 2.28. The molecule has 0 saturated heterocycles. The Hall–Kier alpha value is -1.76. The van der Waals surface area contributed by atoms with Gasteiger partial charge in [0.25, 0.3) is 0 Å². The van der Waals surface area contributed by atoms with E-state index in [1.165, 1.54) is 0 Å². The van der Waals surface area contributed by atoms with Gasteiger partial charge in [0.15, 0.2) is 0 Å². The van der Waals surface area contributed by atoms with Crippen LogP contribution >= 0.6 is 0 Å². The molecule has 1 aromatic rings. The fraction of sp³-hybridized carbons (Fsp3) is 0.455. The predicted octanol–water partition coefficient (Wildman–Crippen LogP) is 2.16. The van der Waals surface area contributed by atoms with Crippen molar-refractivity contribution in [1.29, 1.82) is 0 Å². The molecular formula is C11H13F2N3O2. The van der Waals surface area contributed by atoms with Crippen molar-refractivity contribution >= 4 is 11.4 Å². The number of hydrogen-bond acceptors (Lipinski definition) is 4. The fourth-order valence-electron chi connectivity index (χ4n) is 2.16. The maximum atomic E-state index is 13.5. The van der Waals surface area contributed by atoms with Gasteiger partial charge in [-0.15, -0.1) is 0 Å². The standard InChI is InChI=1S/C11H13F2N3O2/c12-8-4-9(13)11(16(17)18)5-10(8)15-7-2-1-6(14)3-7/h4-7,15H,1-3,14H2. The largest absolute Gasteiger partial charge is 0.380 e. The van der Waals surface area contributed by atoms with Crippen LogP contribution < -0.4 is 11.1 Å². The van der Waals surface area contributed by atoms with E-state index >= 15 is 0 Å². The minimum absolute atomic E-state index is 0.0282. The molecule has 0 aromatic heterocycles. The van der Waals surface area contributed by atoms with Crippen molar-refractivity contribution in [1.82, 2.24) is 0 Å². The van der Waals surface area contributed by atoms with E-state index in [9.17, 15) is 18.9 Å². The van der Waals surface area contributed by atoms with Crippen LogP contribution in [-0.2, 0) is 0 Å². The SMILES string of the molecule is NC1CCC(Nc2cc([N+](=O)[O-])c(F)cc2F)C1. The molecule has 0 aliphatic heterocycles. The molecule has 0 radical (unpaired) electrons. The van der Waals surface area contributed by atoms with E-state index in [0.717, 1.165) is 18.9 Å². The lowest BCUT2D eigenvalue weighted by atomic mass is 10.2. The van der Waals surface area contributed by atoms with Crippen molar-refractivity contribution in [2.45, 2.75) is 31.3 Å². The molecule has 2 atom stereocenters. The van der Waals surface area contributed by atoms with Gasteiger partial charge in [-0.1, -0.05) is 0 Å². The Balaban J connectivity index is 2.22. The van der Waals surface area contributed by atoms with E-state index in [0.29, 0.717) is 12.5 Å². The van der Waals surface area contributed by atoms with Crippen LogP contribution in [0.1, 0.15) is 19.3 Å². The van der Waals surface area contributed by atoms with Crippen molar-refractivity contribution in [2.24, 2.45) is 5.73 Å². The molecule has 2 unspecified atom stereocenters. The first-order valence-corrected chi connectivity index (χ1v) is 5.63. The maximum Gasteiger partial charge on any atom is 0.307 e. The van der Waals surface area contributed by atoms with Crippen LogP contribution in [0.5, 0.6) is 0 Å². The number of halogens is 2. The summed E-state index contributed by atoms with van der Waals surface area (Å²) in [4.78, 5) is 9.70. The van der Waals surface area contributed by atoms with Gasteiger partial charge < -0.3 is 11.1 Å². The van der Waals surface area contributed by atoms with Gasteiger partial charge in [0.1, 0.15) is 5.82 Å². The lowest BCUT2D eigenvalue weighted by molar-refractivity contribution is -0.387. The van der Waals surface area contributed by atoms with E-state index < -0.39 is 22.2 Å². The van der Waals surface area contributed by atoms with E-state index in [2.05, 4.69) is 5.32 Å². The lowest BCUT2D eigenvalue weighted by Crippen LogP contribution is -2.21. The summed E-state index contributed by atoms with van der Waals surface area (Å²) in [5.41, 5.74) is 4.93. The van der Waals surface area contributed by atoms with Gasteiger partial charge >= 0.3 is 5.69 Å². The Kier molecular flexibility index (Phi) is 3.42. The molecule has 1 aliphatic carbocycles. The summed E-state index contributed by atoms with van der Waals surface area (Å²) in [5.74, 6) is -2.01. The number of nitro benzene ring substituents is 1. The van der Waals surface area contributed by atoms with Crippen molar-refractivity contribution in [3.63, 3.8) is 0 Å². The van der Waals surface area contributed by atoms with Gasteiger partial charge in [-0.05, 0) is 19.3 Å². The zero-order valence-electron chi connectivity index (χ0n) is 9.53. The summed E-state index contributed by atoms with van der Waals surface area (Å²) in [5, 5.41) is 13.4. The van der Waals surface area contributed by atoms with Gasteiger partial charge in [0, 0.05) is 24.2 Å². The lowest BCUT2D eigenvalue weighted by Gasteiger charge is -2.14. The first kappa shape index (κ1) is 12.7. The second-order valence-corrected chi connectivity index (χ2v) is 4.45. The number of anilines is 1. The number of nitrogens with one attached hydrogen (secondary N) is 1. The second kappa shape index (κ2) is 4.85. The minimum atomic E-state index is -1.17. The summed E-state index contributed by atoms with van der Waals surface area (Å²) in [6, 6.07) is 1.43. The monoisotopic (exact) mass is 257 g/mol. The van der Waals surface area contributed by atoms with Gasteiger partial charge in [-0.25, -0.2) is 4.39 Å². The summed E-state index contributed by atoms with van der Waals surface area (Å²) < 4.78 is 26.6. The first-order chi connectivity index (χ1) is 8.47. The Labute approximate surface area is 102 Å². The smallest absolute Gasteiger partial charge is 0.307 e. The molecular weight excluding hydrogens is 244 g/mol. The van der Waals surface area contributed by atoms with E-state index in [4.69, 9.17) is 5.73 Å². The predicted molar refractivity (Wildman–Crippen MR) is 62.2 cm³/mol. The van der Waals surface area contributed by atoms with E-state index in [1.54, 1.807) is 0 Å². The van der Waals surface area contributed by atoms with Crippen molar-refractivity contribution < 1.29 is 13.7 Å². The average Bonchev–Trinajstić information content (AvgIpc) is 2.67. The van der Waals surface area contributed by atoms with Crippen LogP contribution in [0.3, 0.4) is 0 Å². The number of nitrogens with two attached hydrogens (primary N) is 1. The van der Waals surface area contributed by atoms with Crippen LogP contribution in [0.25, 0.3) is 0 Å². The fourth-order valence-corrected chi connectivity index (χ4v) is 2.16. The molecule has 3 N–H and O–H groups in total. The molecule has 2 rings (SSSR count). The third-order valence-corrected chi connectivity index (χ3v) is 3.07. The molecule has 1 aliphatic rings. The molecule has 1 fully saturated rings. The quantitative estimate of drug-likeness (QED) is 0.642. The number of nitro groups is 1. The highest BCUT2D eigenvalue weighted by molar-refractivity contribution is 5.53. The molecule has 1 aromatic carbocycles. The molecule has 0 spiro atoms. The zero-order chi connectivity index (χ0) is 13.3. The van der Waals surface area contributed by atoms with Crippen LogP contribution in [0.4, 0.5) is 20.2 Å². The summed E-state index contributed by atoms with van der Waals surface area (Å²) in [6.45, 7) is 0. The second-order valence-electron chi connectivity index (χ2n) is 4.45. The molecule has 1 saturated carbocycles. The Bertz CT molecular complexity index is 482. The van der Waals surface area contributed by atoms with Crippen LogP contribution in [0.15, 0.2) is 12.1 Å². The Morgan fingerprint density at radius 3 is 2.61 bits per heavy atom. The van der Waals surface area contributed by atoms with Gasteiger partial charge in [0.05, 0.1) is 10.6 Å². The number of benzene rings is 1. The topological polar surface area (TPSA) is 81.2 Å². The maximum absolute atomic E-state index is 13.5. The number of nitrogens with zero attached hydrogens (tertiary/aromatic N) is 1.